The molecule has 0 saturated carbocycles. The van der Waals surface area contributed by atoms with Crippen molar-refractivity contribution >= 4 is 11.6 Å². The van der Waals surface area contributed by atoms with E-state index in [9.17, 15) is 4.79 Å². The molecular formula is C15H20N6O3. The van der Waals surface area contributed by atoms with Crippen LogP contribution in [0.5, 0.6) is 5.75 Å². The molecule has 1 aromatic carbocycles. The Bertz CT molecular complexity index is 739. The zero-order valence-electron chi connectivity index (χ0n) is 13.7. The maximum atomic E-state index is 12.5. The Morgan fingerprint density at radius 2 is 2.17 bits per heavy atom. The van der Waals surface area contributed by atoms with E-state index in [1.165, 1.54) is 0 Å². The molecule has 1 fully saturated rings. The lowest BCUT2D eigenvalue weighted by Gasteiger charge is -2.31. The molecule has 0 unspecified atom stereocenters. The number of carbonyl (C=O) groups is 1. The zero-order valence-corrected chi connectivity index (χ0v) is 13.7. The number of hydrogen-bond donors (Lipinski definition) is 2. The predicted molar refractivity (Wildman–Crippen MR) is 86.0 cm³/mol. The van der Waals surface area contributed by atoms with Crippen LogP contribution in [0.2, 0.25) is 0 Å². The summed E-state index contributed by atoms with van der Waals surface area (Å²) in [6, 6.07) is 5.25. The second-order valence-electron chi connectivity index (χ2n) is 5.75. The minimum atomic E-state index is -0.914. The van der Waals surface area contributed by atoms with E-state index in [0.717, 1.165) is 0 Å². The molecule has 1 amide bonds. The van der Waals surface area contributed by atoms with Gasteiger partial charge in [0.2, 0.25) is 5.91 Å². The fourth-order valence-electron chi connectivity index (χ4n) is 2.61. The average molecular weight is 332 g/mol. The third kappa shape index (κ3) is 3.08. The highest BCUT2D eigenvalue weighted by Gasteiger charge is 2.36. The molecule has 0 bridgehead atoms. The van der Waals surface area contributed by atoms with Gasteiger partial charge in [0.05, 0.1) is 7.11 Å². The second-order valence-corrected chi connectivity index (χ2v) is 5.75. The van der Waals surface area contributed by atoms with Crippen LogP contribution < -0.4 is 15.8 Å². The topological polar surface area (TPSA) is 117 Å². The Kier molecular flexibility index (Phi) is 4.45. The number of nitrogens with zero attached hydrogens (tertiary/aromatic N) is 4. The third-order valence-corrected chi connectivity index (χ3v) is 4.13. The number of carbonyl (C=O) groups excluding carboxylic acids is 1. The molecule has 2 aromatic rings. The monoisotopic (exact) mass is 332 g/mol. The highest BCUT2D eigenvalue weighted by atomic mass is 16.5. The molecule has 0 spiro atoms. The van der Waals surface area contributed by atoms with Crippen LogP contribution in [0.4, 0.5) is 5.69 Å². The number of rotatable bonds is 4. The number of nitrogens with two attached hydrogens (primary N) is 1. The minimum absolute atomic E-state index is 0.227. The molecule has 1 aromatic heterocycles. The van der Waals surface area contributed by atoms with E-state index < -0.39 is 5.54 Å². The molecule has 128 valence electrons. The molecule has 0 aliphatic carbocycles. The molecule has 3 rings (SSSR count). The number of amides is 1. The standard InChI is InChI=1S/C15H20N6O3/c1-10-18-19-20-21(10)12-9-11(3-4-13(12)23-2)17-14(22)15(16)5-7-24-8-6-15/h3-4,9H,5-8,16H2,1-2H3,(H,17,22). The summed E-state index contributed by atoms with van der Waals surface area (Å²) in [5.41, 5.74) is 6.53. The number of benzene rings is 1. The van der Waals surface area contributed by atoms with Crippen LogP contribution in [0.1, 0.15) is 18.7 Å². The molecule has 1 aliphatic heterocycles. The SMILES string of the molecule is COc1ccc(NC(=O)C2(N)CCOCC2)cc1-n1nnnc1C. The largest absolute Gasteiger partial charge is 0.494 e. The van der Waals surface area contributed by atoms with Gasteiger partial charge in [0, 0.05) is 18.9 Å². The van der Waals surface area contributed by atoms with Crippen LogP contribution in [0, 0.1) is 6.92 Å². The van der Waals surface area contributed by atoms with Crippen LogP contribution in [-0.2, 0) is 9.53 Å². The molecular weight excluding hydrogens is 312 g/mol. The average Bonchev–Trinajstić information content (AvgIpc) is 3.01. The van der Waals surface area contributed by atoms with Crippen molar-refractivity contribution in [1.29, 1.82) is 0 Å². The number of anilines is 1. The second kappa shape index (κ2) is 6.54. The molecule has 9 nitrogen and oxygen atoms in total. The van der Waals surface area contributed by atoms with E-state index in [1.54, 1.807) is 36.9 Å². The van der Waals surface area contributed by atoms with Gasteiger partial charge in [-0.2, -0.15) is 4.68 Å². The van der Waals surface area contributed by atoms with E-state index in [1.807, 2.05) is 0 Å². The van der Waals surface area contributed by atoms with Gasteiger partial charge in [0.15, 0.2) is 5.82 Å². The van der Waals surface area contributed by atoms with Crippen molar-refractivity contribution in [3.8, 4) is 11.4 Å². The van der Waals surface area contributed by atoms with Crippen LogP contribution in [-0.4, -0.2) is 52.0 Å². The summed E-state index contributed by atoms with van der Waals surface area (Å²) in [5.74, 6) is 0.976. The summed E-state index contributed by atoms with van der Waals surface area (Å²) < 4.78 is 12.2. The van der Waals surface area contributed by atoms with Gasteiger partial charge >= 0.3 is 0 Å². The Labute approximate surface area is 139 Å². The van der Waals surface area contributed by atoms with E-state index >= 15 is 0 Å². The Balaban J connectivity index is 1.87. The van der Waals surface area contributed by atoms with Gasteiger partial charge in [-0.3, -0.25) is 4.79 Å². The molecule has 24 heavy (non-hydrogen) atoms. The summed E-state index contributed by atoms with van der Waals surface area (Å²) in [5, 5.41) is 14.3. The highest BCUT2D eigenvalue weighted by molar-refractivity contribution is 5.98. The molecule has 9 heteroatoms. The van der Waals surface area contributed by atoms with Crippen molar-refractivity contribution in [3.63, 3.8) is 0 Å². The number of aromatic nitrogens is 4. The Morgan fingerprint density at radius 1 is 1.42 bits per heavy atom. The maximum Gasteiger partial charge on any atom is 0.244 e. The van der Waals surface area contributed by atoms with Gasteiger partial charge in [-0.15, -0.1) is 5.10 Å². The van der Waals surface area contributed by atoms with Crippen molar-refractivity contribution in [2.24, 2.45) is 5.73 Å². The van der Waals surface area contributed by atoms with Crippen molar-refractivity contribution < 1.29 is 14.3 Å². The van der Waals surface area contributed by atoms with Gasteiger partial charge in [-0.25, -0.2) is 0 Å². The highest BCUT2D eigenvalue weighted by Crippen LogP contribution is 2.27. The quantitative estimate of drug-likeness (QED) is 0.833. The molecule has 1 aliphatic rings. The Morgan fingerprint density at radius 3 is 2.79 bits per heavy atom. The smallest absolute Gasteiger partial charge is 0.244 e. The molecule has 0 radical (unpaired) electrons. The zero-order chi connectivity index (χ0) is 17.2. The lowest BCUT2D eigenvalue weighted by Crippen LogP contribution is -2.54. The first-order valence-electron chi connectivity index (χ1n) is 7.65. The first-order valence-corrected chi connectivity index (χ1v) is 7.65. The lowest BCUT2D eigenvalue weighted by molar-refractivity contribution is -0.124. The van der Waals surface area contributed by atoms with Crippen molar-refractivity contribution in [3.05, 3.63) is 24.0 Å². The summed E-state index contributed by atoms with van der Waals surface area (Å²) in [6.07, 6.45) is 0.988. The fourth-order valence-corrected chi connectivity index (χ4v) is 2.61. The molecule has 2 heterocycles. The van der Waals surface area contributed by atoms with Gasteiger partial charge in [-0.05, 0) is 48.4 Å². The fraction of sp³-hybridized carbons (Fsp3) is 0.467. The lowest BCUT2D eigenvalue weighted by atomic mass is 9.90. The van der Waals surface area contributed by atoms with Crippen molar-refractivity contribution in [2.75, 3.05) is 25.6 Å². The number of aryl methyl sites for hydroxylation is 1. The first-order chi connectivity index (χ1) is 11.5. The minimum Gasteiger partial charge on any atom is -0.494 e. The van der Waals surface area contributed by atoms with Crippen LogP contribution in [0.15, 0.2) is 18.2 Å². The summed E-state index contributed by atoms with van der Waals surface area (Å²) in [6.45, 7) is 2.75. The van der Waals surface area contributed by atoms with Crippen LogP contribution in [0.25, 0.3) is 5.69 Å². The molecule has 1 saturated heterocycles. The molecule has 3 N–H and O–H groups in total. The summed E-state index contributed by atoms with van der Waals surface area (Å²) >= 11 is 0. The Hall–Kier alpha value is -2.52. The number of tetrazole rings is 1. The normalized spacial score (nSPS) is 16.6. The van der Waals surface area contributed by atoms with Crippen molar-refractivity contribution in [1.82, 2.24) is 20.2 Å². The number of ether oxygens (including phenoxy) is 2. The van der Waals surface area contributed by atoms with Crippen LogP contribution in [0.3, 0.4) is 0 Å². The van der Waals surface area contributed by atoms with Crippen LogP contribution >= 0.6 is 0 Å². The summed E-state index contributed by atoms with van der Waals surface area (Å²) in [4.78, 5) is 12.5. The number of nitrogens with one attached hydrogen (secondary N) is 1. The van der Waals surface area contributed by atoms with E-state index in [-0.39, 0.29) is 5.91 Å². The third-order valence-electron chi connectivity index (χ3n) is 4.13. The van der Waals surface area contributed by atoms with Gasteiger partial charge in [0.25, 0.3) is 0 Å². The van der Waals surface area contributed by atoms with Gasteiger partial charge in [0.1, 0.15) is 17.0 Å². The number of hydrogen-bond acceptors (Lipinski definition) is 7. The first kappa shape index (κ1) is 16.3. The van der Waals surface area contributed by atoms with Crippen molar-refractivity contribution in [2.45, 2.75) is 25.3 Å². The van der Waals surface area contributed by atoms with Gasteiger partial charge in [-0.1, -0.05) is 0 Å². The van der Waals surface area contributed by atoms with Gasteiger partial charge < -0.3 is 20.5 Å². The molecule has 0 atom stereocenters. The summed E-state index contributed by atoms with van der Waals surface area (Å²) in [7, 11) is 1.56. The number of methoxy groups -OCH3 is 1. The predicted octanol–water partition coefficient (Wildman–Crippen LogP) is 0.426. The van der Waals surface area contributed by atoms with E-state index in [4.69, 9.17) is 15.2 Å². The van der Waals surface area contributed by atoms with E-state index in [0.29, 0.717) is 49.0 Å². The maximum absolute atomic E-state index is 12.5. The van der Waals surface area contributed by atoms with E-state index in [2.05, 4.69) is 20.8 Å².